The van der Waals surface area contributed by atoms with E-state index in [1.54, 1.807) is 24.3 Å². The topological polar surface area (TPSA) is 80.0 Å². The maximum absolute atomic E-state index is 12.3. The Balaban J connectivity index is 1.53. The fourth-order valence-corrected chi connectivity index (χ4v) is 3.73. The molecule has 0 unspecified atom stereocenters. The first kappa shape index (κ1) is 19.7. The third kappa shape index (κ3) is 4.69. The highest BCUT2D eigenvalue weighted by molar-refractivity contribution is 7.99. The molecule has 3 aromatic carbocycles. The van der Waals surface area contributed by atoms with Crippen LogP contribution in [0.1, 0.15) is 5.56 Å². The first-order valence-electron chi connectivity index (χ1n) is 9.44. The summed E-state index contributed by atoms with van der Waals surface area (Å²) in [6.45, 7) is 0.490. The molecular formula is C23H20N4O2S. The van der Waals surface area contributed by atoms with Crippen LogP contribution in [0.5, 0.6) is 5.75 Å². The van der Waals surface area contributed by atoms with Gasteiger partial charge >= 0.3 is 0 Å². The van der Waals surface area contributed by atoms with Crippen LogP contribution in [0.25, 0.3) is 17.1 Å². The zero-order valence-electron chi connectivity index (χ0n) is 16.1. The standard InChI is InChI=1S/C23H20N4O2S/c28-20-13-11-18(12-14-20)22-25-26-23(27(22)19-9-5-2-6-10-19)30-16-21(29)24-15-17-7-3-1-4-8-17/h1-14,28H,15-16H2,(H,24,29). The van der Waals surface area contributed by atoms with Gasteiger partial charge in [-0.1, -0.05) is 60.3 Å². The van der Waals surface area contributed by atoms with Gasteiger partial charge in [-0.3, -0.25) is 9.36 Å². The number of hydrogen-bond donors (Lipinski definition) is 2. The van der Waals surface area contributed by atoms with Crippen molar-refractivity contribution in [1.29, 1.82) is 0 Å². The van der Waals surface area contributed by atoms with E-state index in [-0.39, 0.29) is 17.4 Å². The predicted octanol–water partition coefficient (Wildman–Crippen LogP) is 4.05. The summed E-state index contributed by atoms with van der Waals surface area (Å²) in [5.41, 5.74) is 2.78. The highest BCUT2D eigenvalue weighted by Gasteiger charge is 2.17. The summed E-state index contributed by atoms with van der Waals surface area (Å²) in [5.74, 6) is 0.994. The molecule has 4 rings (SSSR count). The molecular weight excluding hydrogens is 396 g/mol. The Labute approximate surface area is 178 Å². The SMILES string of the molecule is O=C(CSc1nnc(-c2ccc(O)cc2)n1-c1ccccc1)NCc1ccccc1. The summed E-state index contributed by atoms with van der Waals surface area (Å²) in [7, 11) is 0. The summed E-state index contributed by atoms with van der Waals surface area (Å²) in [4.78, 5) is 12.3. The monoisotopic (exact) mass is 416 g/mol. The zero-order chi connectivity index (χ0) is 20.8. The average Bonchev–Trinajstić information content (AvgIpc) is 3.22. The van der Waals surface area contributed by atoms with E-state index in [0.29, 0.717) is 17.5 Å². The smallest absolute Gasteiger partial charge is 0.230 e. The molecule has 30 heavy (non-hydrogen) atoms. The maximum Gasteiger partial charge on any atom is 0.230 e. The number of nitrogens with one attached hydrogen (secondary N) is 1. The summed E-state index contributed by atoms with van der Waals surface area (Å²) < 4.78 is 1.92. The van der Waals surface area contributed by atoms with Gasteiger partial charge in [0.15, 0.2) is 11.0 Å². The molecule has 6 nitrogen and oxygen atoms in total. The Morgan fingerprint density at radius 3 is 2.27 bits per heavy atom. The van der Waals surface area contributed by atoms with E-state index in [0.717, 1.165) is 16.8 Å². The maximum atomic E-state index is 12.3. The molecule has 1 amide bonds. The Morgan fingerprint density at radius 1 is 0.900 bits per heavy atom. The molecule has 0 aliphatic rings. The van der Waals surface area contributed by atoms with Crippen molar-refractivity contribution in [3.05, 3.63) is 90.5 Å². The molecule has 150 valence electrons. The van der Waals surface area contributed by atoms with E-state index >= 15 is 0 Å². The Hall–Kier alpha value is -3.58. The number of rotatable bonds is 7. The first-order valence-corrected chi connectivity index (χ1v) is 10.4. The third-order valence-corrected chi connectivity index (χ3v) is 5.37. The lowest BCUT2D eigenvalue weighted by Crippen LogP contribution is -2.24. The number of thioether (sulfide) groups is 1. The highest BCUT2D eigenvalue weighted by atomic mass is 32.2. The molecule has 0 saturated heterocycles. The van der Waals surface area contributed by atoms with Gasteiger partial charge in [0.25, 0.3) is 0 Å². The van der Waals surface area contributed by atoms with Gasteiger partial charge in [-0.2, -0.15) is 0 Å². The lowest BCUT2D eigenvalue weighted by atomic mass is 10.2. The van der Waals surface area contributed by atoms with Crippen LogP contribution >= 0.6 is 11.8 Å². The fourth-order valence-electron chi connectivity index (χ4n) is 2.95. The van der Waals surface area contributed by atoms with Crippen molar-refractivity contribution >= 4 is 17.7 Å². The van der Waals surface area contributed by atoms with Crippen LogP contribution in [0.2, 0.25) is 0 Å². The van der Waals surface area contributed by atoms with Crippen LogP contribution in [0.15, 0.2) is 90.1 Å². The van der Waals surface area contributed by atoms with E-state index < -0.39 is 0 Å². The molecule has 7 heteroatoms. The van der Waals surface area contributed by atoms with Crippen LogP contribution in [0.3, 0.4) is 0 Å². The van der Waals surface area contributed by atoms with Crippen LogP contribution < -0.4 is 5.32 Å². The highest BCUT2D eigenvalue weighted by Crippen LogP contribution is 2.28. The molecule has 0 radical (unpaired) electrons. The molecule has 0 fully saturated rings. The van der Waals surface area contributed by atoms with Gasteiger partial charge in [0.1, 0.15) is 5.75 Å². The van der Waals surface area contributed by atoms with Gasteiger partial charge in [0.05, 0.1) is 5.75 Å². The van der Waals surface area contributed by atoms with Crippen molar-refractivity contribution < 1.29 is 9.90 Å². The lowest BCUT2D eigenvalue weighted by molar-refractivity contribution is -0.118. The van der Waals surface area contributed by atoms with Crippen LogP contribution in [0, 0.1) is 0 Å². The molecule has 2 N–H and O–H groups in total. The zero-order valence-corrected chi connectivity index (χ0v) is 16.9. The average molecular weight is 417 g/mol. The number of carbonyl (C=O) groups is 1. The van der Waals surface area contributed by atoms with Crippen molar-refractivity contribution in [2.75, 3.05) is 5.75 Å². The molecule has 0 saturated carbocycles. The van der Waals surface area contributed by atoms with Crippen LogP contribution in [-0.4, -0.2) is 31.5 Å². The summed E-state index contributed by atoms with van der Waals surface area (Å²) in [6.07, 6.45) is 0. The van der Waals surface area contributed by atoms with Gasteiger partial charge in [0.2, 0.25) is 5.91 Å². The molecule has 0 aliphatic heterocycles. The fraction of sp³-hybridized carbons (Fsp3) is 0.0870. The Bertz CT molecular complexity index is 1110. The van der Waals surface area contributed by atoms with Crippen molar-refractivity contribution in [2.45, 2.75) is 11.7 Å². The summed E-state index contributed by atoms with van der Waals surface area (Å²) in [5, 5.41) is 21.8. The van der Waals surface area contributed by atoms with Crippen LogP contribution in [0.4, 0.5) is 0 Å². The Kier molecular flexibility index (Phi) is 6.10. The van der Waals surface area contributed by atoms with Crippen molar-refractivity contribution in [3.63, 3.8) is 0 Å². The number of benzene rings is 3. The van der Waals surface area contributed by atoms with E-state index in [4.69, 9.17) is 0 Å². The number of aromatic nitrogens is 3. The normalized spacial score (nSPS) is 10.7. The van der Waals surface area contributed by atoms with Gasteiger partial charge < -0.3 is 10.4 Å². The largest absolute Gasteiger partial charge is 0.508 e. The number of phenolic OH excluding ortho intramolecular Hbond substituents is 1. The second-order valence-electron chi connectivity index (χ2n) is 6.58. The second-order valence-corrected chi connectivity index (χ2v) is 7.52. The number of phenols is 1. The third-order valence-electron chi connectivity index (χ3n) is 4.44. The van der Waals surface area contributed by atoms with Gasteiger partial charge in [-0.15, -0.1) is 10.2 Å². The van der Waals surface area contributed by atoms with E-state index in [1.807, 2.05) is 65.2 Å². The van der Waals surface area contributed by atoms with Crippen molar-refractivity contribution in [1.82, 2.24) is 20.1 Å². The van der Waals surface area contributed by atoms with Crippen LogP contribution in [-0.2, 0) is 11.3 Å². The molecule has 0 spiro atoms. The second kappa shape index (κ2) is 9.28. The first-order chi connectivity index (χ1) is 14.7. The minimum atomic E-state index is -0.0716. The molecule has 0 bridgehead atoms. The summed E-state index contributed by atoms with van der Waals surface area (Å²) >= 11 is 1.33. The van der Waals surface area contributed by atoms with E-state index in [9.17, 15) is 9.90 Å². The van der Waals surface area contributed by atoms with Gasteiger partial charge in [0, 0.05) is 17.8 Å². The number of nitrogens with zero attached hydrogens (tertiary/aromatic N) is 3. The number of carbonyl (C=O) groups excluding carboxylic acids is 1. The molecule has 1 aromatic heterocycles. The summed E-state index contributed by atoms with van der Waals surface area (Å²) in [6, 6.07) is 26.4. The minimum absolute atomic E-state index is 0.0716. The van der Waals surface area contributed by atoms with Gasteiger partial charge in [-0.05, 0) is 42.0 Å². The lowest BCUT2D eigenvalue weighted by Gasteiger charge is -2.10. The number of amides is 1. The molecule has 1 heterocycles. The predicted molar refractivity (Wildman–Crippen MR) is 117 cm³/mol. The minimum Gasteiger partial charge on any atom is -0.508 e. The molecule has 4 aromatic rings. The Morgan fingerprint density at radius 2 is 1.57 bits per heavy atom. The van der Waals surface area contributed by atoms with Crippen molar-refractivity contribution in [2.24, 2.45) is 0 Å². The van der Waals surface area contributed by atoms with Crippen molar-refractivity contribution in [3.8, 4) is 22.8 Å². The van der Waals surface area contributed by atoms with E-state index in [1.165, 1.54) is 11.8 Å². The number of para-hydroxylation sites is 1. The van der Waals surface area contributed by atoms with Gasteiger partial charge in [-0.25, -0.2) is 0 Å². The van der Waals surface area contributed by atoms with E-state index in [2.05, 4.69) is 15.5 Å². The molecule has 0 atom stereocenters. The number of aromatic hydroxyl groups is 1. The number of hydrogen-bond acceptors (Lipinski definition) is 5. The quantitative estimate of drug-likeness (QED) is 0.444. The molecule has 0 aliphatic carbocycles.